The van der Waals surface area contributed by atoms with E-state index in [1.165, 1.54) is 4.90 Å². The van der Waals surface area contributed by atoms with Crippen LogP contribution in [0.5, 0.6) is 0 Å². The van der Waals surface area contributed by atoms with Crippen molar-refractivity contribution in [2.45, 2.75) is 124 Å². The number of hydrogen-bond acceptors (Lipinski definition) is 6. The van der Waals surface area contributed by atoms with Gasteiger partial charge in [0.1, 0.15) is 29.3 Å². The van der Waals surface area contributed by atoms with E-state index in [4.69, 9.17) is 9.47 Å². The number of rotatable bonds is 12. The number of ether oxygens (including phenoxy) is 2. The minimum absolute atomic E-state index is 0.203. The molecule has 2 rings (SSSR count). The quantitative estimate of drug-likeness (QED) is 0.269. The Morgan fingerprint density at radius 1 is 0.822 bits per heavy atom. The van der Waals surface area contributed by atoms with Crippen LogP contribution in [-0.2, 0) is 30.3 Å². The lowest BCUT2D eigenvalue weighted by Crippen LogP contribution is -2.58. The fraction of sp³-hybridized carbons (Fsp3) is 0.556. The van der Waals surface area contributed by atoms with Crippen LogP contribution in [0.2, 0.25) is 0 Å². The zero-order valence-corrected chi connectivity index (χ0v) is 28.9. The lowest BCUT2D eigenvalue weighted by Gasteiger charge is -2.39. The van der Waals surface area contributed by atoms with E-state index in [9.17, 15) is 19.2 Å². The molecule has 0 heterocycles. The standard InChI is InChI=1S/C36H53N3O6/c1-12-25(5)39(32(41)29(23(2)3)38-34(43)45-36(9,10)11)30(27-20-16-17-24(4)21-27)31(40)37-28(33(42)44-35(6,7)8)22-26-18-14-13-15-19-26/h13-21,23,25,28-30H,12,22H2,1-11H3,(H,37,40)(H,38,43). The summed E-state index contributed by atoms with van der Waals surface area (Å²) in [5.41, 5.74) is 0.802. The third kappa shape index (κ3) is 11.9. The molecule has 9 nitrogen and oxygen atoms in total. The van der Waals surface area contributed by atoms with Crippen molar-refractivity contribution in [3.05, 3.63) is 71.3 Å². The monoisotopic (exact) mass is 623 g/mol. The highest BCUT2D eigenvalue weighted by molar-refractivity contribution is 5.94. The molecule has 0 aromatic heterocycles. The molecule has 45 heavy (non-hydrogen) atoms. The Labute approximate surface area is 269 Å². The van der Waals surface area contributed by atoms with E-state index in [-0.39, 0.29) is 12.3 Å². The molecule has 4 unspecified atom stereocenters. The number of esters is 1. The second kappa shape index (κ2) is 15.9. The largest absolute Gasteiger partial charge is 0.458 e. The normalized spacial score (nSPS) is 14.5. The summed E-state index contributed by atoms with van der Waals surface area (Å²) in [5.74, 6) is -1.84. The summed E-state index contributed by atoms with van der Waals surface area (Å²) in [7, 11) is 0. The SMILES string of the molecule is CCC(C)N(C(=O)C(NC(=O)OC(C)(C)C)C(C)C)C(C(=O)NC(Cc1ccccc1)C(=O)OC(C)(C)C)c1cccc(C)c1. The van der Waals surface area contributed by atoms with Crippen LogP contribution in [0.4, 0.5) is 4.79 Å². The van der Waals surface area contributed by atoms with E-state index >= 15 is 0 Å². The molecule has 2 aromatic rings. The van der Waals surface area contributed by atoms with E-state index < -0.39 is 59.2 Å². The van der Waals surface area contributed by atoms with Crippen LogP contribution < -0.4 is 10.6 Å². The van der Waals surface area contributed by atoms with Crippen LogP contribution in [-0.4, -0.2) is 58.1 Å². The number of hydrogen-bond donors (Lipinski definition) is 2. The minimum Gasteiger partial charge on any atom is -0.458 e. The van der Waals surface area contributed by atoms with Gasteiger partial charge in [-0.25, -0.2) is 9.59 Å². The van der Waals surface area contributed by atoms with Crippen molar-refractivity contribution in [2.75, 3.05) is 0 Å². The molecule has 0 radical (unpaired) electrons. The van der Waals surface area contributed by atoms with E-state index in [0.29, 0.717) is 12.0 Å². The van der Waals surface area contributed by atoms with Gasteiger partial charge in [-0.05, 0) is 78.9 Å². The van der Waals surface area contributed by atoms with Gasteiger partial charge in [-0.15, -0.1) is 0 Å². The number of nitrogens with zero attached hydrogens (tertiary/aromatic N) is 1. The topological polar surface area (TPSA) is 114 Å². The lowest BCUT2D eigenvalue weighted by molar-refractivity contribution is -0.159. The summed E-state index contributed by atoms with van der Waals surface area (Å²) in [5, 5.41) is 5.69. The summed E-state index contributed by atoms with van der Waals surface area (Å²) in [6, 6.07) is 13.3. The van der Waals surface area contributed by atoms with E-state index in [1.807, 2.05) is 83.1 Å². The van der Waals surface area contributed by atoms with E-state index in [2.05, 4.69) is 10.6 Å². The van der Waals surface area contributed by atoms with Gasteiger partial charge in [0.05, 0.1) is 0 Å². The van der Waals surface area contributed by atoms with E-state index in [0.717, 1.165) is 11.1 Å². The molecular weight excluding hydrogens is 570 g/mol. The lowest BCUT2D eigenvalue weighted by atomic mass is 9.95. The maximum Gasteiger partial charge on any atom is 0.408 e. The van der Waals surface area contributed by atoms with Gasteiger partial charge in [-0.3, -0.25) is 9.59 Å². The first-order valence-corrected chi connectivity index (χ1v) is 15.8. The Hall–Kier alpha value is -3.88. The minimum atomic E-state index is -1.10. The summed E-state index contributed by atoms with van der Waals surface area (Å²) in [6.07, 6.45) is 0.0229. The molecule has 248 valence electrons. The molecule has 0 saturated carbocycles. The maximum atomic E-state index is 14.5. The molecule has 2 N–H and O–H groups in total. The second-order valence-corrected chi connectivity index (χ2v) is 14.0. The van der Waals surface area contributed by atoms with Crippen LogP contribution >= 0.6 is 0 Å². The predicted octanol–water partition coefficient (Wildman–Crippen LogP) is 6.28. The Morgan fingerprint density at radius 2 is 1.42 bits per heavy atom. The van der Waals surface area contributed by atoms with Crippen LogP contribution in [0.3, 0.4) is 0 Å². The van der Waals surface area contributed by atoms with Crippen LogP contribution in [0.15, 0.2) is 54.6 Å². The smallest absolute Gasteiger partial charge is 0.408 e. The summed E-state index contributed by atoms with van der Waals surface area (Å²) in [4.78, 5) is 56.8. The number of nitrogens with one attached hydrogen (secondary N) is 2. The molecule has 4 atom stereocenters. The molecule has 0 aliphatic carbocycles. The second-order valence-electron chi connectivity index (χ2n) is 14.0. The van der Waals surface area contributed by atoms with Gasteiger partial charge in [-0.2, -0.15) is 0 Å². The third-order valence-corrected chi connectivity index (χ3v) is 7.10. The number of alkyl carbamates (subject to hydrolysis) is 1. The van der Waals surface area contributed by atoms with Gasteiger partial charge in [0.25, 0.3) is 0 Å². The zero-order valence-electron chi connectivity index (χ0n) is 28.9. The predicted molar refractivity (Wildman–Crippen MR) is 176 cm³/mol. The Balaban J connectivity index is 2.62. The van der Waals surface area contributed by atoms with Gasteiger partial charge >= 0.3 is 12.1 Å². The number of carbonyl (C=O) groups is 4. The first-order valence-electron chi connectivity index (χ1n) is 15.8. The summed E-state index contributed by atoms with van der Waals surface area (Å²) in [6.45, 7) is 19.9. The van der Waals surface area contributed by atoms with Crippen LogP contribution in [0.25, 0.3) is 0 Å². The number of benzene rings is 2. The number of amides is 3. The highest BCUT2D eigenvalue weighted by atomic mass is 16.6. The van der Waals surface area contributed by atoms with E-state index in [1.54, 1.807) is 47.6 Å². The van der Waals surface area contributed by atoms with Crippen molar-refractivity contribution in [3.63, 3.8) is 0 Å². The molecule has 0 aliphatic rings. The average Bonchev–Trinajstić information content (AvgIpc) is 2.92. The highest BCUT2D eigenvalue weighted by Gasteiger charge is 2.41. The molecule has 0 fully saturated rings. The Morgan fingerprint density at radius 3 is 1.93 bits per heavy atom. The van der Waals surface area contributed by atoms with Crippen LogP contribution in [0.1, 0.15) is 98.4 Å². The fourth-order valence-electron chi connectivity index (χ4n) is 4.85. The number of carbonyl (C=O) groups excluding carboxylic acids is 4. The molecule has 0 saturated heterocycles. The van der Waals surface area contributed by atoms with Crippen molar-refractivity contribution in [3.8, 4) is 0 Å². The van der Waals surface area contributed by atoms with Gasteiger partial charge in [0.2, 0.25) is 11.8 Å². The highest BCUT2D eigenvalue weighted by Crippen LogP contribution is 2.28. The summed E-state index contributed by atoms with van der Waals surface area (Å²) >= 11 is 0. The zero-order chi connectivity index (χ0) is 34.1. The molecule has 2 aromatic carbocycles. The fourth-order valence-corrected chi connectivity index (χ4v) is 4.85. The third-order valence-electron chi connectivity index (χ3n) is 7.10. The van der Waals surface area contributed by atoms with Crippen molar-refractivity contribution in [2.24, 2.45) is 5.92 Å². The van der Waals surface area contributed by atoms with Crippen molar-refractivity contribution >= 4 is 23.9 Å². The summed E-state index contributed by atoms with van der Waals surface area (Å²) < 4.78 is 11.2. The molecule has 0 bridgehead atoms. The van der Waals surface area contributed by atoms with Crippen LogP contribution in [0, 0.1) is 12.8 Å². The molecular formula is C36H53N3O6. The van der Waals surface area contributed by atoms with Gasteiger partial charge < -0.3 is 25.0 Å². The molecule has 3 amide bonds. The van der Waals surface area contributed by atoms with Crippen molar-refractivity contribution in [1.82, 2.24) is 15.5 Å². The van der Waals surface area contributed by atoms with Gasteiger partial charge in [0, 0.05) is 12.5 Å². The first kappa shape index (κ1) is 37.3. The van der Waals surface area contributed by atoms with Crippen molar-refractivity contribution in [1.29, 1.82) is 0 Å². The molecule has 0 spiro atoms. The van der Waals surface area contributed by atoms with Gasteiger partial charge in [0.15, 0.2) is 0 Å². The molecule has 9 heteroatoms. The van der Waals surface area contributed by atoms with Crippen molar-refractivity contribution < 1.29 is 28.7 Å². The number of aryl methyl sites for hydroxylation is 1. The maximum absolute atomic E-state index is 14.5. The van der Waals surface area contributed by atoms with Gasteiger partial charge in [-0.1, -0.05) is 80.9 Å². The average molecular weight is 624 g/mol. The Kier molecular flexibility index (Phi) is 13.2. The first-order chi connectivity index (χ1) is 20.8. The Bertz CT molecular complexity index is 1300. The molecule has 0 aliphatic heterocycles.